The molecule has 4 rings (SSSR count). The van der Waals surface area contributed by atoms with E-state index in [-0.39, 0.29) is 5.54 Å². The van der Waals surface area contributed by atoms with Gasteiger partial charge in [0.1, 0.15) is 0 Å². The zero-order valence-corrected chi connectivity index (χ0v) is 19.5. The highest BCUT2D eigenvalue weighted by Crippen LogP contribution is 2.44. The molecule has 2 aliphatic heterocycles. The van der Waals surface area contributed by atoms with Crippen LogP contribution in [0.4, 0.5) is 0 Å². The third-order valence-electron chi connectivity index (χ3n) is 8.50. The molecule has 1 aliphatic carbocycles. The summed E-state index contributed by atoms with van der Waals surface area (Å²) >= 11 is 0. The molecule has 3 fully saturated rings. The molecule has 2 heterocycles. The van der Waals surface area contributed by atoms with Crippen LogP contribution in [0.1, 0.15) is 82.6 Å². The summed E-state index contributed by atoms with van der Waals surface area (Å²) < 4.78 is 0. The number of rotatable bonds is 8. The third-order valence-corrected chi connectivity index (χ3v) is 8.50. The van der Waals surface area contributed by atoms with Crippen molar-refractivity contribution in [2.45, 2.75) is 82.6 Å². The molecule has 2 atom stereocenters. The first-order valence-corrected chi connectivity index (χ1v) is 12.8. The van der Waals surface area contributed by atoms with E-state index < -0.39 is 5.97 Å². The van der Waals surface area contributed by atoms with Gasteiger partial charge in [0, 0.05) is 31.1 Å². The molecule has 1 aromatic carbocycles. The number of carboxylic acids is 1. The summed E-state index contributed by atoms with van der Waals surface area (Å²) in [6.45, 7) is 8.03. The molecule has 0 aromatic heterocycles. The normalized spacial score (nSPS) is 28.0. The van der Waals surface area contributed by atoms with Crippen LogP contribution < -0.4 is 0 Å². The van der Waals surface area contributed by atoms with Gasteiger partial charge in [0.05, 0.1) is 6.42 Å². The number of nitrogens with zero attached hydrogens (tertiary/aromatic N) is 2. The van der Waals surface area contributed by atoms with Gasteiger partial charge < -0.3 is 10.0 Å². The van der Waals surface area contributed by atoms with Gasteiger partial charge in [0.2, 0.25) is 0 Å². The van der Waals surface area contributed by atoms with Crippen molar-refractivity contribution in [3.05, 3.63) is 35.9 Å². The van der Waals surface area contributed by atoms with Crippen LogP contribution in [-0.2, 0) is 4.79 Å². The second-order valence-electron chi connectivity index (χ2n) is 10.6. The monoisotopic (exact) mass is 426 g/mol. The lowest BCUT2D eigenvalue weighted by atomic mass is 9.78. The van der Waals surface area contributed by atoms with Crippen LogP contribution in [0.3, 0.4) is 0 Å². The molecule has 3 aliphatic rings. The zero-order chi connectivity index (χ0) is 21.7. The summed E-state index contributed by atoms with van der Waals surface area (Å²) in [4.78, 5) is 17.2. The molecule has 0 bridgehead atoms. The molecule has 1 aromatic rings. The maximum Gasteiger partial charge on any atom is 0.305 e. The molecule has 0 spiro atoms. The fourth-order valence-electron chi connectivity index (χ4n) is 6.82. The van der Waals surface area contributed by atoms with Crippen LogP contribution in [0.15, 0.2) is 30.3 Å². The first-order valence-electron chi connectivity index (χ1n) is 12.8. The Morgan fingerprint density at radius 3 is 2.42 bits per heavy atom. The molecule has 2 unspecified atom stereocenters. The van der Waals surface area contributed by atoms with Gasteiger partial charge in [-0.15, -0.1) is 0 Å². The minimum atomic E-state index is -0.625. The van der Waals surface area contributed by atoms with Crippen molar-refractivity contribution in [3.8, 4) is 0 Å². The lowest BCUT2D eigenvalue weighted by Crippen LogP contribution is -2.50. The van der Waals surface area contributed by atoms with Crippen molar-refractivity contribution in [1.29, 1.82) is 0 Å². The van der Waals surface area contributed by atoms with Crippen molar-refractivity contribution in [2.24, 2.45) is 11.8 Å². The topological polar surface area (TPSA) is 43.8 Å². The van der Waals surface area contributed by atoms with Crippen molar-refractivity contribution < 1.29 is 9.90 Å². The number of hydrogen-bond acceptors (Lipinski definition) is 3. The molecular formula is C27H42N2O2. The van der Waals surface area contributed by atoms with E-state index in [4.69, 9.17) is 0 Å². The van der Waals surface area contributed by atoms with Gasteiger partial charge in [-0.25, -0.2) is 0 Å². The van der Waals surface area contributed by atoms with Crippen molar-refractivity contribution >= 4 is 5.97 Å². The van der Waals surface area contributed by atoms with Crippen molar-refractivity contribution in [2.75, 3.05) is 32.7 Å². The number of carboxylic acid groups (broad SMARTS) is 1. The van der Waals surface area contributed by atoms with E-state index in [1.165, 1.54) is 63.6 Å². The summed E-state index contributed by atoms with van der Waals surface area (Å²) in [5.74, 6) is 1.41. The highest BCUT2D eigenvalue weighted by atomic mass is 16.4. The van der Waals surface area contributed by atoms with Crippen LogP contribution in [0, 0.1) is 11.8 Å². The minimum absolute atomic E-state index is 0.125. The van der Waals surface area contributed by atoms with Gasteiger partial charge in [-0.3, -0.25) is 9.69 Å². The molecule has 172 valence electrons. The second-order valence-corrected chi connectivity index (χ2v) is 10.6. The number of likely N-dealkylation sites (tertiary alicyclic amines) is 2. The lowest BCUT2D eigenvalue weighted by molar-refractivity contribution is -0.141. The number of aliphatic carboxylic acids is 1. The Balaban J connectivity index is 1.49. The molecule has 4 nitrogen and oxygen atoms in total. The molecule has 31 heavy (non-hydrogen) atoms. The van der Waals surface area contributed by atoms with Crippen LogP contribution >= 0.6 is 0 Å². The molecule has 0 radical (unpaired) electrons. The highest BCUT2D eigenvalue weighted by molar-refractivity contribution is 5.68. The van der Waals surface area contributed by atoms with Crippen LogP contribution in [0.2, 0.25) is 0 Å². The van der Waals surface area contributed by atoms with Crippen LogP contribution in [0.5, 0.6) is 0 Å². The van der Waals surface area contributed by atoms with E-state index in [2.05, 4.69) is 47.1 Å². The predicted molar refractivity (Wildman–Crippen MR) is 126 cm³/mol. The van der Waals surface area contributed by atoms with Crippen LogP contribution in [-0.4, -0.2) is 59.1 Å². The van der Waals surface area contributed by atoms with E-state index in [1.807, 2.05) is 0 Å². The van der Waals surface area contributed by atoms with Gasteiger partial charge in [-0.05, 0) is 56.2 Å². The number of hydrogen-bond donors (Lipinski definition) is 1. The van der Waals surface area contributed by atoms with E-state index in [9.17, 15) is 9.90 Å². The first kappa shape index (κ1) is 22.8. The predicted octanol–water partition coefficient (Wildman–Crippen LogP) is 5.39. The van der Waals surface area contributed by atoms with E-state index in [1.54, 1.807) is 0 Å². The summed E-state index contributed by atoms with van der Waals surface area (Å²) in [5.41, 5.74) is 1.32. The quantitative estimate of drug-likeness (QED) is 0.605. The maximum atomic E-state index is 11.8. The van der Waals surface area contributed by atoms with E-state index in [0.717, 1.165) is 38.4 Å². The number of piperidine rings is 1. The highest BCUT2D eigenvalue weighted by Gasteiger charge is 2.46. The number of benzene rings is 1. The first-order chi connectivity index (χ1) is 15.1. The Morgan fingerprint density at radius 2 is 1.77 bits per heavy atom. The summed E-state index contributed by atoms with van der Waals surface area (Å²) in [7, 11) is 0. The smallest absolute Gasteiger partial charge is 0.305 e. The molecular weight excluding hydrogens is 384 g/mol. The molecule has 4 heteroatoms. The molecule has 0 amide bonds. The second kappa shape index (κ2) is 10.5. The summed E-state index contributed by atoms with van der Waals surface area (Å²) in [6, 6.07) is 11.0. The molecule has 1 saturated carbocycles. The van der Waals surface area contributed by atoms with E-state index in [0.29, 0.717) is 18.3 Å². The van der Waals surface area contributed by atoms with Crippen molar-refractivity contribution in [3.63, 3.8) is 0 Å². The largest absolute Gasteiger partial charge is 0.481 e. The fraction of sp³-hybridized carbons (Fsp3) is 0.741. The van der Waals surface area contributed by atoms with Gasteiger partial charge in [-0.1, -0.05) is 69.4 Å². The average molecular weight is 427 g/mol. The zero-order valence-electron chi connectivity index (χ0n) is 19.5. The minimum Gasteiger partial charge on any atom is -0.481 e. The Kier molecular flexibility index (Phi) is 7.71. The Bertz CT molecular complexity index is 692. The third kappa shape index (κ3) is 5.51. The SMILES string of the molecule is CCCC1CCN(CC2CN(C3(CC(=O)O)CCCCC3)CC2c2ccccc2)CC1. The summed E-state index contributed by atoms with van der Waals surface area (Å²) in [5, 5.41) is 9.73. The van der Waals surface area contributed by atoms with Gasteiger partial charge in [0.25, 0.3) is 0 Å². The average Bonchev–Trinajstić information content (AvgIpc) is 3.21. The lowest BCUT2D eigenvalue weighted by Gasteiger charge is -2.44. The Hall–Kier alpha value is -1.39. The Labute approximate surface area is 189 Å². The summed E-state index contributed by atoms with van der Waals surface area (Å²) in [6.07, 6.45) is 11.4. The van der Waals surface area contributed by atoms with Gasteiger partial charge in [0.15, 0.2) is 0 Å². The Morgan fingerprint density at radius 1 is 1.06 bits per heavy atom. The van der Waals surface area contributed by atoms with Gasteiger partial charge >= 0.3 is 5.97 Å². The van der Waals surface area contributed by atoms with Crippen molar-refractivity contribution in [1.82, 2.24) is 9.80 Å². The molecule has 1 N–H and O–H groups in total. The fourth-order valence-corrected chi connectivity index (χ4v) is 6.82. The maximum absolute atomic E-state index is 11.8. The number of carbonyl (C=O) groups is 1. The van der Waals surface area contributed by atoms with E-state index >= 15 is 0 Å². The standard InChI is InChI=1S/C27H42N2O2/c1-2-9-22-12-16-28(17-13-22)19-24-20-29(21-25(24)23-10-5-3-6-11-23)27(18-26(30)31)14-7-4-8-15-27/h3,5-6,10-11,22,24-25H,2,4,7-9,12-21H2,1H3,(H,30,31). The van der Waals surface area contributed by atoms with Crippen LogP contribution in [0.25, 0.3) is 0 Å². The van der Waals surface area contributed by atoms with Gasteiger partial charge in [-0.2, -0.15) is 0 Å². The molecule has 2 saturated heterocycles.